The fraction of sp³-hybridized carbons (Fsp3) is 0.333. The van der Waals surface area contributed by atoms with Gasteiger partial charge in [0.1, 0.15) is 5.82 Å². The molecule has 0 aliphatic heterocycles. The van der Waals surface area contributed by atoms with E-state index < -0.39 is 6.04 Å². The number of rotatable bonds is 2. The molecule has 1 aromatic rings. The predicted molar refractivity (Wildman–Crippen MR) is 45.2 cm³/mol. The van der Waals surface area contributed by atoms with Crippen molar-refractivity contribution in [3.8, 4) is 0 Å². The summed E-state index contributed by atoms with van der Waals surface area (Å²) in [5.41, 5.74) is 7.11. The van der Waals surface area contributed by atoms with Gasteiger partial charge in [-0.25, -0.2) is 4.39 Å². The highest BCUT2D eigenvalue weighted by Gasteiger charge is 2.07. The van der Waals surface area contributed by atoms with E-state index in [1.54, 1.807) is 6.07 Å². The summed E-state index contributed by atoms with van der Waals surface area (Å²) < 4.78 is 12.7. The van der Waals surface area contributed by atoms with Gasteiger partial charge in [0.05, 0.1) is 12.6 Å². The van der Waals surface area contributed by atoms with Crippen LogP contribution in [0, 0.1) is 12.7 Å². The zero-order valence-electron chi connectivity index (χ0n) is 6.92. The van der Waals surface area contributed by atoms with Gasteiger partial charge in [0.2, 0.25) is 0 Å². The summed E-state index contributed by atoms with van der Waals surface area (Å²) in [6, 6.07) is 3.90. The van der Waals surface area contributed by atoms with Crippen LogP contribution in [0.1, 0.15) is 17.2 Å². The van der Waals surface area contributed by atoms with E-state index in [9.17, 15) is 4.39 Å². The van der Waals surface area contributed by atoms with Crippen molar-refractivity contribution in [2.24, 2.45) is 5.73 Å². The van der Waals surface area contributed by atoms with Gasteiger partial charge < -0.3 is 10.8 Å². The van der Waals surface area contributed by atoms with Crippen LogP contribution in [0.15, 0.2) is 18.2 Å². The highest BCUT2D eigenvalue weighted by Crippen LogP contribution is 2.16. The van der Waals surface area contributed by atoms with Gasteiger partial charge in [-0.15, -0.1) is 0 Å². The number of nitrogens with two attached hydrogens (primary N) is 1. The molecule has 0 unspecified atom stereocenters. The number of benzene rings is 1. The largest absolute Gasteiger partial charge is 0.394 e. The Labute approximate surface area is 70.8 Å². The van der Waals surface area contributed by atoms with Gasteiger partial charge >= 0.3 is 0 Å². The highest BCUT2D eigenvalue weighted by molar-refractivity contribution is 5.29. The lowest BCUT2D eigenvalue weighted by Gasteiger charge is -2.11. The van der Waals surface area contributed by atoms with Gasteiger partial charge in [-0.2, -0.15) is 0 Å². The Hall–Kier alpha value is -0.930. The molecular formula is C9H12FNO. The van der Waals surface area contributed by atoms with Crippen LogP contribution >= 0.6 is 0 Å². The standard InChI is InChI=1S/C9H12FNO/c1-6-2-3-7(10)4-8(6)9(11)5-12/h2-4,9,12H,5,11H2,1H3/t9-/m0/s1. The number of halogens is 1. The van der Waals surface area contributed by atoms with Crippen molar-refractivity contribution in [3.63, 3.8) is 0 Å². The molecule has 0 aliphatic carbocycles. The molecule has 66 valence electrons. The third-order valence-electron chi connectivity index (χ3n) is 1.84. The number of aliphatic hydroxyl groups is 1. The quantitative estimate of drug-likeness (QED) is 0.697. The third kappa shape index (κ3) is 1.81. The molecule has 1 atom stereocenters. The molecule has 1 aromatic carbocycles. The molecule has 1 rings (SSSR count). The summed E-state index contributed by atoms with van der Waals surface area (Å²) in [6.07, 6.45) is 0. The Morgan fingerprint density at radius 1 is 1.58 bits per heavy atom. The average molecular weight is 169 g/mol. The Bertz CT molecular complexity index is 275. The van der Waals surface area contributed by atoms with Crippen molar-refractivity contribution < 1.29 is 9.50 Å². The third-order valence-corrected chi connectivity index (χ3v) is 1.84. The molecule has 0 bridgehead atoms. The second kappa shape index (κ2) is 3.65. The predicted octanol–water partition coefficient (Wildman–Crippen LogP) is 1.13. The molecule has 0 saturated carbocycles. The molecular weight excluding hydrogens is 157 g/mol. The van der Waals surface area contributed by atoms with Crippen LogP contribution in [0.4, 0.5) is 4.39 Å². The SMILES string of the molecule is Cc1ccc(F)cc1[C@@H](N)CO. The maximum Gasteiger partial charge on any atom is 0.123 e. The molecule has 0 heterocycles. The second-order valence-electron chi connectivity index (χ2n) is 2.79. The van der Waals surface area contributed by atoms with Crippen molar-refractivity contribution in [2.75, 3.05) is 6.61 Å². The van der Waals surface area contributed by atoms with Crippen LogP contribution in [0.25, 0.3) is 0 Å². The van der Waals surface area contributed by atoms with E-state index in [1.165, 1.54) is 12.1 Å². The van der Waals surface area contributed by atoms with Gasteiger partial charge in [0, 0.05) is 0 Å². The van der Waals surface area contributed by atoms with Gasteiger partial charge in [0.15, 0.2) is 0 Å². The Kier molecular flexibility index (Phi) is 2.78. The Morgan fingerprint density at radius 2 is 2.25 bits per heavy atom. The summed E-state index contributed by atoms with van der Waals surface area (Å²) in [4.78, 5) is 0. The molecule has 3 N–H and O–H groups in total. The van der Waals surface area contributed by atoms with Crippen LogP contribution < -0.4 is 5.73 Å². The molecule has 0 saturated heterocycles. The normalized spacial score (nSPS) is 13.0. The van der Waals surface area contributed by atoms with Crippen molar-refractivity contribution >= 4 is 0 Å². The van der Waals surface area contributed by atoms with Gasteiger partial charge in [0.25, 0.3) is 0 Å². The van der Waals surface area contributed by atoms with Crippen molar-refractivity contribution in [2.45, 2.75) is 13.0 Å². The molecule has 0 radical (unpaired) electrons. The zero-order chi connectivity index (χ0) is 9.14. The monoisotopic (exact) mass is 169 g/mol. The maximum atomic E-state index is 12.7. The molecule has 0 aliphatic rings. The lowest BCUT2D eigenvalue weighted by atomic mass is 10.0. The molecule has 3 heteroatoms. The minimum Gasteiger partial charge on any atom is -0.394 e. The van der Waals surface area contributed by atoms with Crippen LogP contribution in [-0.4, -0.2) is 11.7 Å². The van der Waals surface area contributed by atoms with Crippen molar-refractivity contribution in [1.82, 2.24) is 0 Å². The first-order valence-electron chi connectivity index (χ1n) is 3.77. The zero-order valence-corrected chi connectivity index (χ0v) is 6.92. The highest BCUT2D eigenvalue weighted by atomic mass is 19.1. The second-order valence-corrected chi connectivity index (χ2v) is 2.79. The summed E-state index contributed by atoms with van der Waals surface area (Å²) in [5.74, 6) is -0.320. The van der Waals surface area contributed by atoms with E-state index in [0.717, 1.165) is 5.56 Å². The van der Waals surface area contributed by atoms with E-state index in [-0.39, 0.29) is 12.4 Å². The van der Waals surface area contributed by atoms with Crippen LogP contribution in [-0.2, 0) is 0 Å². The first kappa shape index (κ1) is 9.16. The fourth-order valence-corrected chi connectivity index (χ4v) is 1.11. The average Bonchev–Trinajstić information content (AvgIpc) is 2.08. The van der Waals surface area contributed by atoms with Gasteiger partial charge in [-0.1, -0.05) is 6.07 Å². The molecule has 0 spiro atoms. The smallest absolute Gasteiger partial charge is 0.123 e. The number of hydrogen-bond donors (Lipinski definition) is 2. The van der Waals surface area contributed by atoms with Crippen LogP contribution in [0.2, 0.25) is 0 Å². The van der Waals surface area contributed by atoms with E-state index in [4.69, 9.17) is 10.8 Å². The summed E-state index contributed by atoms with van der Waals surface area (Å²) in [5, 5.41) is 8.76. The van der Waals surface area contributed by atoms with E-state index in [0.29, 0.717) is 5.56 Å². The van der Waals surface area contributed by atoms with Crippen LogP contribution in [0.3, 0.4) is 0 Å². The van der Waals surface area contributed by atoms with E-state index in [2.05, 4.69) is 0 Å². The lowest BCUT2D eigenvalue weighted by molar-refractivity contribution is 0.267. The summed E-state index contributed by atoms with van der Waals surface area (Å²) >= 11 is 0. The number of aryl methyl sites for hydroxylation is 1. The molecule has 0 aromatic heterocycles. The van der Waals surface area contributed by atoms with E-state index >= 15 is 0 Å². The first-order valence-corrected chi connectivity index (χ1v) is 3.77. The number of hydrogen-bond acceptors (Lipinski definition) is 2. The Balaban J connectivity index is 3.04. The van der Waals surface area contributed by atoms with Crippen molar-refractivity contribution in [3.05, 3.63) is 35.1 Å². The van der Waals surface area contributed by atoms with Crippen molar-refractivity contribution in [1.29, 1.82) is 0 Å². The molecule has 12 heavy (non-hydrogen) atoms. The molecule has 0 fully saturated rings. The summed E-state index contributed by atoms with van der Waals surface area (Å²) in [7, 11) is 0. The van der Waals surface area contributed by atoms with E-state index in [1.807, 2.05) is 6.92 Å². The van der Waals surface area contributed by atoms with Crippen LogP contribution in [0.5, 0.6) is 0 Å². The van der Waals surface area contributed by atoms with Gasteiger partial charge in [-0.05, 0) is 30.2 Å². The van der Waals surface area contributed by atoms with Gasteiger partial charge in [-0.3, -0.25) is 0 Å². The minimum absolute atomic E-state index is 0.162. The summed E-state index contributed by atoms with van der Waals surface area (Å²) in [6.45, 7) is 1.68. The maximum absolute atomic E-state index is 12.7. The molecule has 0 amide bonds. The lowest BCUT2D eigenvalue weighted by Crippen LogP contribution is -2.15. The topological polar surface area (TPSA) is 46.2 Å². The number of aliphatic hydroxyl groups excluding tert-OH is 1. The fourth-order valence-electron chi connectivity index (χ4n) is 1.11. The first-order chi connectivity index (χ1) is 5.65. The molecule has 2 nitrogen and oxygen atoms in total. The minimum atomic E-state index is -0.485. The Morgan fingerprint density at radius 3 is 2.83 bits per heavy atom.